The second-order valence-corrected chi connectivity index (χ2v) is 17.2. The van der Waals surface area contributed by atoms with Crippen LogP contribution in [0.1, 0.15) is 22.3 Å². The molecule has 1 heteroatoms. The SMILES string of the molecule is c1ccc(-c2cccc(-c3cccc(N(c4ccc(-c5cccc(-c6cccc7ccccc67)c5)cc4)c4ccc5c(c4)C(c4ccccc4)(c4ccccc4)c4ccccc4-5)c3)c2)cc1. The molecule has 12 rings (SSSR count). The van der Waals surface area contributed by atoms with Crippen molar-refractivity contribution >= 4 is 27.8 Å². The molecule has 11 aromatic rings. The molecule has 0 amide bonds. The number of rotatable bonds is 9. The molecule has 1 aliphatic carbocycles. The van der Waals surface area contributed by atoms with Crippen LogP contribution in [-0.2, 0) is 5.41 Å². The summed E-state index contributed by atoms with van der Waals surface area (Å²) in [7, 11) is 0. The van der Waals surface area contributed by atoms with Gasteiger partial charge >= 0.3 is 0 Å². The highest BCUT2D eigenvalue weighted by Gasteiger charge is 2.46. The molecule has 0 radical (unpaired) electrons. The minimum Gasteiger partial charge on any atom is -0.310 e. The van der Waals surface area contributed by atoms with Gasteiger partial charge in [0, 0.05) is 17.1 Å². The Morgan fingerprint density at radius 1 is 0.242 bits per heavy atom. The lowest BCUT2D eigenvalue weighted by Crippen LogP contribution is -2.28. The monoisotopic (exact) mass is 839 g/mol. The zero-order chi connectivity index (χ0) is 43.9. The molecule has 0 atom stereocenters. The molecule has 0 aliphatic heterocycles. The first-order valence-electron chi connectivity index (χ1n) is 22.8. The summed E-state index contributed by atoms with van der Waals surface area (Å²) in [5, 5.41) is 2.51. The van der Waals surface area contributed by atoms with E-state index in [0.29, 0.717) is 0 Å². The molecule has 1 aliphatic rings. The van der Waals surface area contributed by atoms with E-state index in [2.05, 4.69) is 278 Å². The van der Waals surface area contributed by atoms with Crippen molar-refractivity contribution in [1.82, 2.24) is 0 Å². The molecule has 0 saturated carbocycles. The summed E-state index contributed by atoms with van der Waals surface area (Å²) in [6, 6.07) is 100. The van der Waals surface area contributed by atoms with Crippen molar-refractivity contribution in [2.45, 2.75) is 5.41 Å². The number of benzene rings is 11. The smallest absolute Gasteiger partial charge is 0.0714 e. The Bertz CT molecular complexity index is 3470. The fourth-order valence-corrected chi connectivity index (χ4v) is 10.5. The lowest BCUT2D eigenvalue weighted by Gasteiger charge is -2.35. The zero-order valence-electron chi connectivity index (χ0n) is 36.4. The van der Waals surface area contributed by atoms with Crippen molar-refractivity contribution in [3.63, 3.8) is 0 Å². The summed E-state index contributed by atoms with van der Waals surface area (Å²) < 4.78 is 0. The molecule has 0 unspecified atom stereocenters. The summed E-state index contributed by atoms with van der Waals surface area (Å²) in [5.41, 5.74) is 19.9. The molecule has 310 valence electrons. The molecule has 0 spiro atoms. The van der Waals surface area contributed by atoms with Gasteiger partial charge in [0.15, 0.2) is 0 Å². The average Bonchev–Trinajstić information content (AvgIpc) is 3.70. The van der Waals surface area contributed by atoms with Gasteiger partial charge in [0.25, 0.3) is 0 Å². The second kappa shape index (κ2) is 16.6. The molecule has 0 aromatic heterocycles. The third-order valence-electron chi connectivity index (χ3n) is 13.5. The number of nitrogens with zero attached hydrogens (tertiary/aromatic N) is 1. The van der Waals surface area contributed by atoms with Crippen LogP contribution in [0, 0.1) is 0 Å². The second-order valence-electron chi connectivity index (χ2n) is 17.2. The van der Waals surface area contributed by atoms with E-state index in [1.54, 1.807) is 0 Å². The Hall–Kier alpha value is -8.52. The van der Waals surface area contributed by atoms with Gasteiger partial charge in [-0.1, -0.05) is 224 Å². The van der Waals surface area contributed by atoms with Gasteiger partial charge in [-0.05, 0) is 137 Å². The van der Waals surface area contributed by atoms with E-state index in [4.69, 9.17) is 0 Å². The summed E-state index contributed by atoms with van der Waals surface area (Å²) in [6.45, 7) is 0. The van der Waals surface area contributed by atoms with Crippen LogP contribution < -0.4 is 4.90 Å². The zero-order valence-corrected chi connectivity index (χ0v) is 36.4. The first-order chi connectivity index (χ1) is 32.7. The summed E-state index contributed by atoms with van der Waals surface area (Å²) in [4.78, 5) is 2.44. The van der Waals surface area contributed by atoms with E-state index in [0.717, 1.165) is 22.6 Å². The third kappa shape index (κ3) is 6.73. The van der Waals surface area contributed by atoms with Crippen molar-refractivity contribution < 1.29 is 0 Å². The van der Waals surface area contributed by atoms with Crippen molar-refractivity contribution in [3.05, 3.63) is 295 Å². The minimum atomic E-state index is -0.519. The highest BCUT2D eigenvalue weighted by atomic mass is 15.1. The molecule has 66 heavy (non-hydrogen) atoms. The highest BCUT2D eigenvalue weighted by molar-refractivity contribution is 5.97. The van der Waals surface area contributed by atoms with E-state index < -0.39 is 5.41 Å². The Morgan fingerprint density at radius 3 is 1.42 bits per heavy atom. The van der Waals surface area contributed by atoms with E-state index in [9.17, 15) is 0 Å². The topological polar surface area (TPSA) is 3.24 Å². The highest BCUT2D eigenvalue weighted by Crippen LogP contribution is 2.57. The average molecular weight is 840 g/mol. The first-order valence-corrected chi connectivity index (χ1v) is 22.8. The van der Waals surface area contributed by atoms with Crippen molar-refractivity contribution in [2.24, 2.45) is 0 Å². The number of hydrogen-bond donors (Lipinski definition) is 0. The number of fused-ring (bicyclic) bond motifs is 4. The van der Waals surface area contributed by atoms with Gasteiger partial charge in [-0.25, -0.2) is 0 Å². The quantitative estimate of drug-likeness (QED) is 0.140. The van der Waals surface area contributed by atoms with Gasteiger partial charge in [0.2, 0.25) is 0 Å². The van der Waals surface area contributed by atoms with Crippen LogP contribution in [0.5, 0.6) is 0 Å². The van der Waals surface area contributed by atoms with E-state index >= 15 is 0 Å². The summed E-state index contributed by atoms with van der Waals surface area (Å²) >= 11 is 0. The number of hydrogen-bond acceptors (Lipinski definition) is 1. The van der Waals surface area contributed by atoms with Crippen LogP contribution in [0.15, 0.2) is 273 Å². The van der Waals surface area contributed by atoms with Gasteiger partial charge in [-0.2, -0.15) is 0 Å². The minimum absolute atomic E-state index is 0.519. The maximum atomic E-state index is 2.46. The van der Waals surface area contributed by atoms with Crippen molar-refractivity contribution in [1.29, 1.82) is 0 Å². The van der Waals surface area contributed by atoms with Crippen LogP contribution in [0.4, 0.5) is 17.1 Å². The largest absolute Gasteiger partial charge is 0.310 e. The molecular formula is C65H45N. The predicted octanol–water partition coefficient (Wildman–Crippen LogP) is 17.3. The summed E-state index contributed by atoms with van der Waals surface area (Å²) in [6.07, 6.45) is 0. The first kappa shape index (κ1) is 39.1. The fourth-order valence-electron chi connectivity index (χ4n) is 10.5. The number of anilines is 3. The van der Waals surface area contributed by atoms with Gasteiger partial charge in [0.1, 0.15) is 0 Å². The lowest BCUT2D eigenvalue weighted by molar-refractivity contribution is 0.768. The molecule has 11 aromatic carbocycles. The van der Waals surface area contributed by atoms with Gasteiger partial charge in [-0.3, -0.25) is 0 Å². The van der Waals surface area contributed by atoms with E-state index in [1.807, 2.05) is 0 Å². The Morgan fingerprint density at radius 2 is 0.697 bits per heavy atom. The Kier molecular flexibility index (Phi) is 9.81. The van der Waals surface area contributed by atoms with Crippen LogP contribution in [0.3, 0.4) is 0 Å². The Labute approximate surface area is 387 Å². The van der Waals surface area contributed by atoms with Crippen LogP contribution in [0.25, 0.3) is 66.4 Å². The Balaban J connectivity index is 1.02. The molecule has 0 fully saturated rings. The molecule has 0 N–H and O–H groups in total. The van der Waals surface area contributed by atoms with Crippen LogP contribution in [-0.4, -0.2) is 0 Å². The van der Waals surface area contributed by atoms with Crippen molar-refractivity contribution in [3.8, 4) is 55.6 Å². The van der Waals surface area contributed by atoms with Gasteiger partial charge in [0.05, 0.1) is 5.41 Å². The van der Waals surface area contributed by atoms with E-state index in [1.165, 1.54) is 83.1 Å². The molecule has 0 heterocycles. The van der Waals surface area contributed by atoms with Gasteiger partial charge < -0.3 is 4.90 Å². The lowest BCUT2D eigenvalue weighted by atomic mass is 9.67. The third-order valence-corrected chi connectivity index (χ3v) is 13.5. The van der Waals surface area contributed by atoms with E-state index in [-0.39, 0.29) is 0 Å². The maximum absolute atomic E-state index is 2.46. The standard InChI is InChI=1S/C65H45N/c1-4-18-46(19-5-1)49-22-14-24-51(42-49)52-25-16-31-57(44-52)66(56-38-36-47(37-39-56)50-23-15-26-53(43-50)60-34-17-21-48-20-10-11-32-59(48)60)58-40-41-62-61-33-12-13-35-63(61)65(64(62)45-58,54-27-6-2-7-28-54)55-29-8-3-9-30-55/h1-45H. The van der Waals surface area contributed by atoms with Gasteiger partial charge in [-0.15, -0.1) is 0 Å². The normalized spacial score (nSPS) is 12.4. The van der Waals surface area contributed by atoms with Crippen molar-refractivity contribution in [2.75, 3.05) is 4.90 Å². The van der Waals surface area contributed by atoms with Crippen LogP contribution in [0.2, 0.25) is 0 Å². The molecule has 0 saturated heterocycles. The summed E-state index contributed by atoms with van der Waals surface area (Å²) in [5.74, 6) is 0. The fraction of sp³-hybridized carbons (Fsp3) is 0.0154. The molecule has 0 bridgehead atoms. The van der Waals surface area contributed by atoms with Crippen LogP contribution >= 0.6 is 0 Å². The maximum Gasteiger partial charge on any atom is 0.0714 e. The molecule has 1 nitrogen and oxygen atoms in total. The molecular weight excluding hydrogens is 795 g/mol. The predicted molar refractivity (Wildman–Crippen MR) is 278 cm³/mol.